The molecule has 0 aromatic heterocycles. The maximum Gasteiger partial charge on any atom is 0.255 e. The van der Waals surface area contributed by atoms with E-state index in [1.807, 2.05) is 11.9 Å². The Morgan fingerprint density at radius 2 is 2.22 bits per heavy atom. The molecule has 0 saturated carbocycles. The van der Waals surface area contributed by atoms with Crippen LogP contribution in [0.4, 0.5) is 0 Å². The Morgan fingerprint density at radius 1 is 1.44 bits per heavy atom. The minimum atomic E-state index is -0.0394. The van der Waals surface area contributed by atoms with Gasteiger partial charge in [0.2, 0.25) is 0 Å². The molecule has 1 heterocycles. The second-order valence-electron chi connectivity index (χ2n) is 4.48. The highest BCUT2D eigenvalue weighted by Crippen LogP contribution is 2.27. The number of carbonyl (C=O) groups excluding carboxylic acids is 1. The highest BCUT2D eigenvalue weighted by Gasteiger charge is 2.25. The van der Waals surface area contributed by atoms with Crippen LogP contribution in [0.3, 0.4) is 0 Å². The lowest BCUT2D eigenvalue weighted by molar-refractivity contribution is 0.0698. The van der Waals surface area contributed by atoms with E-state index in [1.165, 1.54) is 0 Å². The summed E-state index contributed by atoms with van der Waals surface area (Å²) in [5, 5.41) is 3.98. The number of amides is 1. The predicted octanol–water partition coefficient (Wildman–Crippen LogP) is 2.82. The first kappa shape index (κ1) is 13.7. The normalized spacial score (nSPS) is 19.9. The quantitative estimate of drug-likeness (QED) is 0.907. The molecule has 0 radical (unpaired) electrons. The minimum Gasteiger partial charge on any atom is -0.337 e. The molecule has 0 aliphatic carbocycles. The number of likely N-dealkylation sites (tertiary alicyclic amines) is 1. The zero-order valence-electron chi connectivity index (χ0n) is 10.2. The van der Waals surface area contributed by atoms with Crippen molar-refractivity contribution >= 4 is 29.1 Å². The maximum atomic E-state index is 12.4. The van der Waals surface area contributed by atoms with Crippen molar-refractivity contribution in [3.8, 4) is 0 Å². The highest BCUT2D eigenvalue weighted by atomic mass is 35.5. The fraction of sp³-hybridized carbons (Fsp3) is 0.462. The van der Waals surface area contributed by atoms with Gasteiger partial charge in [-0.3, -0.25) is 4.79 Å². The number of carbonyl (C=O) groups is 1. The Labute approximate surface area is 117 Å². The van der Waals surface area contributed by atoms with Crippen LogP contribution in [-0.4, -0.2) is 37.0 Å². The van der Waals surface area contributed by atoms with Gasteiger partial charge >= 0.3 is 0 Å². The van der Waals surface area contributed by atoms with Gasteiger partial charge in [-0.25, -0.2) is 0 Å². The van der Waals surface area contributed by atoms with E-state index in [0.717, 1.165) is 25.9 Å². The number of piperidine rings is 1. The number of hydrogen-bond donors (Lipinski definition) is 1. The van der Waals surface area contributed by atoms with Gasteiger partial charge in [-0.1, -0.05) is 29.3 Å². The van der Waals surface area contributed by atoms with Gasteiger partial charge < -0.3 is 10.2 Å². The van der Waals surface area contributed by atoms with E-state index < -0.39 is 0 Å². The average Bonchev–Trinajstić information content (AvgIpc) is 2.41. The average molecular weight is 287 g/mol. The summed E-state index contributed by atoms with van der Waals surface area (Å²) in [6.07, 6.45) is 2.11. The summed E-state index contributed by atoms with van der Waals surface area (Å²) in [5.41, 5.74) is 0.487. The Hall–Kier alpha value is -0.770. The van der Waals surface area contributed by atoms with Crippen LogP contribution in [0, 0.1) is 0 Å². The van der Waals surface area contributed by atoms with Gasteiger partial charge in [0.1, 0.15) is 0 Å². The van der Waals surface area contributed by atoms with Crippen molar-refractivity contribution in [2.75, 3.05) is 20.1 Å². The fourth-order valence-corrected chi connectivity index (χ4v) is 2.62. The third kappa shape index (κ3) is 2.79. The van der Waals surface area contributed by atoms with Gasteiger partial charge in [0.25, 0.3) is 5.91 Å². The SMILES string of the molecule is CN[C@@H]1CCCN(C(=O)c2cccc(Cl)c2Cl)C1. The van der Waals surface area contributed by atoms with Crippen LogP contribution in [-0.2, 0) is 0 Å². The predicted molar refractivity (Wildman–Crippen MR) is 74.4 cm³/mol. The molecule has 1 N–H and O–H groups in total. The van der Waals surface area contributed by atoms with Gasteiger partial charge in [0, 0.05) is 19.1 Å². The Kier molecular flexibility index (Phi) is 4.49. The van der Waals surface area contributed by atoms with Crippen LogP contribution in [0.1, 0.15) is 23.2 Å². The molecule has 0 unspecified atom stereocenters. The second-order valence-corrected chi connectivity index (χ2v) is 5.27. The van der Waals surface area contributed by atoms with Crippen LogP contribution >= 0.6 is 23.2 Å². The Morgan fingerprint density at radius 3 is 2.94 bits per heavy atom. The van der Waals surface area contributed by atoms with Crippen molar-refractivity contribution in [3.63, 3.8) is 0 Å². The summed E-state index contributed by atoms with van der Waals surface area (Å²) < 4.78 is 0. The number of nitrogens with one attached hydrogen (secondary N) is 1. The number of hydrogen-bond acceptors (Lipinski definition) is 2. The van der Waals surface area contributed by atoms with Gasteiger partial charge in [-0.05, 0) is 32.0 Å². The summed E-state index contributed by atoms with van der Waals surface area (Å²) in [7, 11) is 1.92. The van der Waals surface area contributed by atoms with E-state index in [4.69, 9.17) is 23.2 Å². The highest BCUT2D eigenvalue weighted by molar-refractivity contribution is 6.43. The third-order valence-corrected chi connectivity index (χ3v) is 4.12. The van der Waals surface area contributed by atoms with E-state index >= 15 is 0 Å². The molecule has 0 bridgehead atoms. The van der Waals surface area contributed by atoms with Crippen LogP contribution < -0.4 is 5.32 Å². The van der Waals surface area contributed by atoms with Crippen LogP contribution in [0.5, 0.6) is 0 Å². The number of likely N-dealkylation sites (N-methyl/N-ethyl adjacent to an activating group) is 1. The number of nitrogens with zero attached hydrogens (tertiary/aromatic N) is 1. The standard InChI is InChI=1S/C13H16Cl2N2O/c1-16-9-4-3-7-17(8-9)13(18)10-5-2-6-11(14)12(10)15/h2,5-6,9,16H,3-4,7-8H2,1H3/t9-/m1/s1. The van der Waals surface area contributed by atoms with Crippen molar-refractivity contribution in [2.45, 2.75) is 18.9 Å². The third-order valence-electron chi connectivity index (χ3n) is 3.30. The molecule has 18 heavy (non-hydrogen) atoms. The molecule has 1 aromatic rings. The lowest BCUT2D eigenvalue weighted by atomic mass is 10.0. The molecule has 3 nitrogen and oxygen atoms in total. The first-order valence-electron chi connectivity index (χ1n) is 6.04. The summed E-state index contributed by atoms with van der Waals surface area (Å²) in [6.45, 7) is 1.50. The zero-order chi connectivity index (χ0) is 13.1. The smallest absolute Gasteiger partial charge is 0.255 e. The molecular formula is C13H16Cl2N2O. The van der Waals surface area contributed by atoms with E-state index in [1.54, 1.807) is 18.2 Å². The van der Waals surface area contributed by atoms with Crippen molar-refractivity contribution in [1.82, 2.24) is 10.2 Å². The van der Waals surface area contributed by atoms with Crippen molar-refractivity contribution in [1.29, 1.82) is 0 Å². The summed E-state index contributed by atoms with van der Waals surface area (Å²) in [6, 6.07) is 5.52. The van der Waals surface area contributed by atoms with Crippen LogP contribution in [0.15, 0.2) is 18.2 Å². The molecule has 2 rings (SSSR count). The number of benzene rings is 1. The number of halogens is 2. The number of rotatable bonds is 2. The topological polar surface area (TPSA) is 32.3 Å². The van der Waals surface area contributed by atoms with Crippen molar-refractivity contribution in [2.24, 2.45) is 0 Å². The molecule has 1 aromatic carbocycles. The lowest BCUT2D eigenvalue weighted by Crippen LogP contribution is -2.47. The van der Waals surface area contributed by atoms with Crippen LogP contribution in [0.2, 0.25) is 10.0 Å². The molecule has 1 fully saturated rings. The summed E-state index contributed by atoms with van der Waals surface area (Å²) in [5.74, 6) is -0.0394. The van der Waals surface area contributed by atoms with Gasteiger partial charge in [0.05, 0.1) is 15.6 Å². The lowest BCUT2D eigenvalue weighted by Gasteiger charge is -2.32. The van der Waals surface area contributed by atoms with E-state index in [2.05, 4.69) is 5.32 Å². The van der Waals surface area contributed by atoms with E-state index in [9.17, 15) is 4.79 Å². The van der Waals surface area contributed by atoms with Crippen molar-refractivity contribution < 1.29 is 4.79 Å². The van der Waals surface area contributed by atoms with Gasteiger partial charge in [-0.2, -0.15) is 0 Å². The Balaban J connectivity index is 2.18. The molecule has 98 valence electrons. The van der Waals surface area contributed by atoms with Gasteiger partial charge in [-0.15, -0.1) is 0 Å². The monoisotopic (exact) mass is 286 g/mol. The minimum absolute atomic E-state index is 0.0394. The molecular weight excluding hydrogens is 271 g/mol. The molecule has 1 atom stereocenters. The maximum absolute atomic E-state index is 12.4. The fourth-order valence-electron chi connectivity index (χ4n) is 2.24. The molecule has 1 saturated heterocycles. The molecule has 1 aliphatic heterocycles. The summed E-state index contributed by atoms with van der Waals surface area (Å²) >= 11 is 12.0. The second kappa shape index (κ2) is 5.91. The largest absolute Gasteiger partial charge is 0.337 e. The Bertz CT molecular complexity index is 451. The van der Waals surface area contributed by atoms with Gasteiger partial charge in [0.15, 0.2) is 0 Å². The van der Waals surface area contributed by atoms with E-state index in [0.29, 0.717) is 21.7 Å². The van der Waals surface area contributed by atoms with Crippen molar-refractivity contribution in [3.05, 3.63) is 33.8 Å². The zero-order valence-corrected chi connectivity index (χ0v) is 11.8. The van der Waals surface area contributed by atoms with E-state index in [-0.39, 0.29) is 5.91 Å². The first-order valence-corrected chi connectivity index (χ1v) is 6.79. The first-order chi connectivity index (χ1) is 8.63. The molecule has 1 amide bonds. The molecule has 1 aliphatic rings. The molecule has 5 heteroatoms. The van der Waals surface area contributed by atoms with Crippen LogP contribution in [0.25, 0.3) is 0 Å². The molecule has 0 spiro atoms. The summed E-state index contributed by atoms with van der Waals surface area (Å²) in [4.78, 5) is 14.2.